The van der Waals surface area contributed by atoms with Crippen LogP contribution in [0, 0.1) is 0 Å². The molecule has 7 heteroatoms. The molecule has 0 spiro atoms. The summed E-state index contributed by atoms with van der Waals surface area (Å²) in [7, 11) is 0. The molecular formula is C22H15Cl2N3O2. The molecule has 4 aromatic rings. The predicted molar refractivity (Wildman–Crippen MR) is 118 cm³/mol. The van der Waals surface area contributed by atoms with Crippen LogP contribution >= 0.6 is 23.2 Å². The van der Waals surface area contributed by atoms with Gasteiger partial charge in [0.05, 0.1) is 22.3 Å². The molecule has 1 N–H and O–H groups in total. The van der Waals surface area contributed by atoms with E-state index in [1.165, 1.54) is 6.21 Å². The largest absolute Gasteiger partial charge is 0.331 e. The number of hydrazone groups is 1. The number of pyridine rings is 1. The molecule has 4 rings (SSSR count). The number of nitrogens with one attached hydrogen (secondary N) is 1. The van der Waals surface area contributed by atoms with Crippen LogP contribution in [0.25, 0.3) is 21.8 Å². The number of para-hydroxylation sites is 2. The van der Waals surface area contributed by atoms with Crippen molar-refractivity contribution in [2.24, 2.45) is 5.10 Å². The van der Waals surface area contributed by atoms with E-state index in [2.05, 4.69) is 10.5 Å². The Bertz CT molecular complexity index is 1270. The lowest BCUT2D eigenvalue weighted by Gasteiger charge is -2.14. The Labute approximate surface area is 176 Å². The lowest BCUT2D eigenvalue weighted by Crippen LogP contribution is -2.25. The summed E-state index contributed by atoms with van der Waals surface area (Å²) in [5, 5.41) is 6.07. The van der Waals surface area contributed by atoms with Gasteiger partial charge in [0.15, 0.2) is 5.43 Å². The topological polar surface area (TPSA) is 63.5 Å². The fourth-order valence-corrected chi connectivity index (χ4v) is 3.66. The SMILES string of the molecule is O=C(Cn1c2ccccc2c(=O)c2ccccc21)N/N=C/c1ccc(Cl)cc1Cl. The zero-order chi connectivity index (χ0) is 20.4. The van der Waals surface area contributed by atoms with Crippen LogP contribution in [0.1, 0.15) is 5.56 Å². The van der Waals surface area contributed by atoms with Crippen molar-refractivity contribution in [3.8, 4) is 0 Å². The summed E-state index contributed by atoms with van der Waals surface area (Å²) >= 11 is 12.0. The molecule has 3 aromatic carbocycles. The molecule has 0 aliphatic rings. The monoisotopic (exact) mass is 423 g/mol. The van der Waals surface area contributed by atoms with Gasteiger partial charge in [-0.05, 0) is 36.4 Å². The van der Waals surface area contributed by atoms with Crippen molar-refractivity contribution in [3.05, 3.63) is 92.6 Å². The van der Waals surface area contributed by atoms with Crippen LogP contribution in [-0.2, 0) is 11.3 Å². The van der Waals surface area contributed by atoms with Gasteiger partial charge >= 0.3 is 0 Å². The van der Waals surface area contributed by atoms with Crippen LogP contribution < -0.4 is 10.9 Å². The molecule has 1 amide bonds. The van der Waals surface area contributed by atoms with Crippen LogP contribution in [-0.4, -0.2) is 16.7 Å². The van der Waals surface area contributed by atoms with E-state index >= 15 is 0 Å². The van der Waals surface area contributed by atoms with Gasteiger partial charge in [-0.25, -0.2) is 5.43 Å². The third-order valence-electron chi connectivity index (χ3n) is 4.54. The van der Waals surface area contributed by atoms with Gasteiger partial charge in [-0.3, -0.25) is 9.59 Å². The fraction of sp³-hybridized carbons (Fsp3) is 0.0455. The van der Waals surface area contributed by atoms with Gasteiger partial charge in [-0.2, -0.15) is 5.10 Å². The lowest BCUT2D eigenvalue weighted by molar-refractivity contribution is -0.121. The van der Waals surface area contributed by atoms with Gasteiger partial charge in [0.2, 0.25) is 0 Å². The smallest absolute Gasteiger partial charge is 0.260 e. The van der Waals surface area contributed by atoms with E-state index < -0.39 is 0 Å². The number of halogens is 2. The van der Waals surface area contributed by atoms with Crippen LogP contribution in [0.4, 0.5) is 0 Å². The third kappa shape index (κ3) is 3.88. The van der Waals surface area contributed by atoms with Gasteiger partial charge in [-0.1, -0.05) is 53.5 Å². The first-order chi connectivity index (χ1) is 14.0. The molecule has 0 fully saturated rings. The third-order valence-corrected chi connectivity index (χ3v) is 5.10. The van der Waals surface area contributed by atoms with Crippen molar-refractivity contribution in [2.75, 3.05) is 0 Å². The number of hydrogen-bond donors (Lipinski definition) is 1. The minimum absolute atomic E-state index is 0.00694. The summed E-state index contributed by atoms with van der Waals surface area (Å²) in [5.74, 6) is -0.328. The molecule has 0 bridgehead atoms. The molecule has 1 aromatic heterocycles. The summed E-state index contributed by atoms with van der Waals surface area (Å²) in [6.45, 7) is 0.00694. The summed E-state index contributed by atoms with van der Waals surface area (Å²) in [6, 6.07) is 19.5. The van der Waals surface area contributed by atoms with Crippen LogP contribution in [0.3, 0.4) is 0 Å². The summed E-state index contributed by atoms with van der Waals surface area (Å²) < 4.78 is 1.81. The van der Waals surface area contributed by atoms with Gasteiger partial charge in [0.1, 0.15) is 6.54 Å². The maximum Gasteiger partial charge on any atom is 0.260 e. The molecule has 0 aliphatic heterocycles. The Balaban J connectivity index is 1.65. The number of amides is 1. The quantitative estimate of drug-likeness (QED) is 0.295. The van der Waals surface area contributed by atoms with Gasteiger partial charge in [-0.15, -0.1) is 0 Å². The standard InChI is InChI=1S/C22H15Cl2N3O2/c23-15-10-9-14(18(24)11-15)12-25-26-21(28)13-27-19-7-3-1-5-16(19)22(29)17-6-2-4-8-20(17)27/h1-12H,13H2,(H,26,28)/b25-12+. The Morgan fingerprint density at radius 3 is 2.21 bits per heavy atom. The zero-order valence-electron chi connectivity index (χ0n) is 15.1. The average molecular weight is 424 g/mol. The first-order valence-electron chi connectivity index (χ1n) is 8.82. The molecule has 29 heavy (non-hydrogen) atoms. The Hall–Kier alpha value is -3.15. The van der Waals surface area contributed by atoms with E-state index in [-0.39, 0.29) is 17.9 Å². The van der Waals surface area contributed by atoms with Crippen LogP contribution in [0.5, 0.6) is 0 Å². The fourth-order valence-electron chi connectivity index (χ4n) is 3.21. The molecule has 0 saturated heterocycles. The summed E-state index contributed by atoms with van der Waals surface area (Å²) in [6.07, 6.45) is 1.46. The van der Waals surface area contributed by atoms with Crippen molar-refractivity contribution in [3.63, 3.8) is 0 Å². The second kappa shape index (κ2) is 8.07. The van der Waals surface area contributed by atoms with Crippen molar-refractivity contribution < 1.29 is 4.79 Å². The van der Waals surface area contributed by atoms with E-state index in [0.29, 0.717) is 37.4 Å². The highest BCUT2D eigenvalue weighted by Gasteiger charge is 2.12. The summed E-state index contributed by atoms with van der Waals surface area (Å²) in [4.78, 5) is 25.3. The number of hydrogen-bond acceptors (Lipinski definition) is 3. The summed E-state index contributed by atoms with van der Waals surface area (Å²) in [5.41, 5.74) is 4.47. The first-order valence-corrected chi connectivity index (χ1v) is 9.57. The average Bonchev–Trinajstić information content (AvgIpc) is 2.73. The Morgan fingerprint density at radius 2 is 1.59 bits per heavy atom. The number of benzene rings is 3. The second-order valence-electron chi connectivity index (χ2n) is 6.41. The van der Waals surface area contributed by atoms with Gasteiger partial charge in [0.25, 0.3) is 5.91 Å². The van der Waals surface area contributed by atoms with Crippen LogP contribution in [0.15, 0.2) is 76.6 Å². The van der Waals surface area contributed by atoms with E-state index in [0.717, 1.165) is 0 Å². The molecule has 5 nitrogen and oxygen atoms in total. The van der Waals surface area contributed by atoms with Crippen molar-refractivity contribution in [1.82, 2.24) is 9.99 Å². The molecule has 0 saturated carbocycles. The minimum Gasteiger partial charge on any atom is -0.331 e. The number of carbonyl (C=O) groups excluding carboxylic acids is 1. The van der Waals surface area contributed by atoms with E-state index in [1.54, 1.807) is 30.3 Å². The molecule has 0 radical (unpaired) electrons. The molecule has 0 atom stereocenters. The maximum atomic E-state index is 12.8. The normalized spacial score (nSPS) is 11.4. The second-order valence-corrected chi connectivity index (χ2v) is 7.25. The molecular weight excluding hydrogens is 409 g/mol. The number of nitrogens with zero attached hydrogens (tertiary/aromatic N) is 2. The zero-order valence-corrected chi connectivity index (χ0v) is 16.6. The highest BCUT2D eigenvalue weighted by molar-refractivity contribution is 6.36. The highest BCUT2D eigenvalue weighted by Crippen LogP contribution is 2.20. The predicted octanol–water partition coefficient (Wildman–Crippen LogP) is 4.61. The Morgan fingerprint density at radius 1 is 0.966 bits per heavy atom. The van der Waals surface area contributed by atoms with Crippen molar-refractivity contribution in [1.29, 1.82) is 0 Å². The highest BCUT2D eigenvalue weighted by atomic mass is 35.5. The number of aromatic nitrogens is 1. The van der Waals surface area contributed by atoms with Gasteiger partial charge in [0, 0.05) is 21.4 Å². The Kier molecular flexibility index (Phi) is 5.34. The number of fused-ring (bicyclic) bond motifs is 2. The van der Waals surface area contributed by atoms with Gasteiger partial charge < -0.3 is 4.57 Å². The lowest BCUT2D eigenvalue weighted by atomic mass is 10.1. The number of carbonyl (C=O) groups is 1. The minimum atomic E-state index is -0.328. The van der Waals surface area contributed by atoms with Crippen molar-refractivity contribution >= 4 is 57.1 Å². The van der Waals surface area contributed by atoms with Crippen LogP contribution in [0.2, 0.25) is 10.0 Å². The number of rotatable bonds is 4. The van der Waals surface area contributed by atoms with E-state index in [1.807, 2.05) is 41.0 Å². The van der Waals surface area contributed by atoms with E-state index in [9.17, 15) is 9.59 Å². The maximum absolute atomic E-state index is 12.8. The molecule has 144 valence electrons. The first kappa shape index (κ1) is 19.2. The van der Waals surface area contributed by atoms with Crippen molar-refractivity contribution in [2.45, 2.75) is 6.54 Å². The van der Waals surface area contributed by atoms with E-state index in [4.69, 9.17) is 23.2 Å². The molecule has 1 heterocycles. The molecule has 0 unspecified atom stereocenters. The molecule has 0 aliphatic carbocycles.